The molecule has 3 aromatic rings. The van der Waals surface area contributed by atoms with Gasteiger partial charge in [0, 0.05) is 24.4 Å². The average molecular weight is 425 g/mol. The highest BCUT2D eigenvalue weighted by Gasteiger charge is 2.14. The molecule has 0 radical (unpaired) electrons. The van der Waals surface area contributed by atoms with Gasteiger partial charge in [0.05, 0.1) is 0 Å². The second-order valence-corrected chi connectivity index (χ2v) is 7.16. The molecule has 3 rings (SSSR count). The summed E-state index contributed by atoms with van der Waals surface area (Å²) >= 11 is 0. The van der Waals surface area contributed by atoms with Crippen LogP contribution in [0.4, 0.5) is 0 Å². The van der Waals surface area contributed by atoms with Gasteiger partial charge in [-0.1, -0.05) is 49.4 Å². The maximum Gasteiger partial charge on any atom is 0.213 e. The van der Waals surface area contributed by atoms with E-state index in [-0.39, 0.29) is 18.2 Å². The van der Waals surface area contributed by atoms with E-state index in [0.29, 0.717) is 12.5 Å². The van der Waals surface area contributed by atoms with Crippen molar-refractivity contribution in [2.75, 3.05) is 27.2 Å². The number of halogens is 1. The van der Waals surface area contributed by atoms with Crippen LogP contribution in [-0.4, -0.2) is 42.2 Å². The minimum atomic E-state index is 0. The molecule has 5 heteroatoms. The van der Waals surface area contributed by atoms with Crippen molar-refractivity contribution in [2.24, 2.45) is 0 Å². The summed E-state index contributed by atoms with van der Waals surface area (Å²) in [6.45, 7) is 3.61. The van der Waals surface area contributed by atoms with Gasteiger partial charge in [0.2, 0.25) is 5.88 Å². The molecule has 4 nitrogen and oxygen atoms in total. The topological polar surface area (TPSA) is 45.6 Å². The molecule has 30 heavy (non-hydrogen) atoms. The van der Waals surface area contributed by atoms with Gasteiger partial charge in [-0.2, -0.15) is 0 Å². The Morgan fingerprint density at radius 1 is 0.900 bits per heavy atom. The van der Waals surface area contributed by atoms with E-state index >= 15 is 0 Å². The van der Waals surface area contributed by atoms with Crippen LogP contribution >= 0.6 is 12.4 Å². The molecular weight excluding hydrogens is 396 g/mol. The van der Waals surface area contributed by atoms with E-state index in [1.165, 1.54) is 11.1 Å². The summed E-state index contributed by atoms with van der Waals surface area (Å²) < 4.78 is 5.74. The SMILES string of the molecule is CC/C(=C(\c1ccc(O)cc1)c1ccc(OCCN(C)C)nc1)c1ccccc1.Cl. The molecule has 0 unspecified atom stereocenters. The molecule has 0 amide bonds. The molecule has 0 aliphatic heterocycles. The summed E-state index contributed by atoms with van der Waals surface area (Å²) in [5.74, 6) is 0.882. The fourth-order valence-corrected chi connectivity index (χ4v) is 3.25. The van der Waals surface area contributed by atoms with Crippen molar-refractivity contribution >= 4 is 23.6 Å². The predicted octanol–water partition coefficient (Wildman–Crippen LogP) is 5.52. The van der Waals surface area contributed by atoms with Crippen LogP contribution in [0.5, 0.6) is 11.6 Å². The fourth-order valence-electron chi connectivity index (χ4n) is 3.25. The lowest BCUT2D eigenvalue weighted by Gasteiger charge is -2.16. The Kier molecular flexibility index (Phi) is 8.90. The first-order chi connectivity index (χ1) is 14.1. The number of likely N-dealkylation sites (N-methyl/N-ethyl adjacent to an activating group) is 1. The van der Waals surface area contributed by atoms with Gasteiger partial charge in [0.15, 0.2) is 0 Å². The van der Waals surface area contributed by atoms with Crippen molar-refractivity contribution in [2.45, 2.75) is 13.3 Å². The smallest absolute Gasteiger partial charge is 0.213 e. The number of aromatic hydroxyl groups is 1. The molecule has 1 heterocycles. The maximum absolute atomic E-state index is 9.73. The lowest BCUT2D eigenvalue weighted by Crippen LogP contribution is -2.19. The Morgan fingerprint density at radius 3 is 2.13 bits per heavy atom. The van der Waals surface area contributed by atoms with E-state index in [1.54, 1.807) is 12.1 Å². The maximum atomic E-state index is 9.73. The van der Waals surface area contributed by atoms with Crippen LogP contribution in [-0.2, 0) is 0 Å². The first-order valence-corrected chi connectivity index (χ1v) is 9.90. The van der Waals surface area contributed by atoms with Gasteiger partial charge in [0.25, 0.3) is 0 Å². The zero-order chi connectivity index (χ0) is 20.6. The summed E-state index contributed by atoms with van der Waals surface area (Å²) in [5, 5.41) is 9.73. The molecule has 1 N–H and O–H groups in total. The van der Waals surface area contributed by atoms with Gasteiger partial charge in [0.1, 0.15) is 12.4 Å². The highest BCUT2D eigenvalue weighted by atomic mass is 35.5. The van der Waals surface area contributed by atoms with Gasteiger partial charge in [-0.3, -0.25) is 0 Å². The fraction of sp³-hybridized carbons (Fsp3) is 0.240. The van der Waals surface area contributed by atoms with Gasteiger partial charge in [-0.25, -0.2) is 4.98 Å². The van der Waals surface area contributed by atoms with Crippen LogP contribution in [0.1, 0.15) is 30.0 Å². The molecular formula is C25H29ClN2O2. The Hall–Kier alpha value is -2.82. The number of benzene rings is 2. The Balaban J connectivity index is 0.00000320. The number of hydrogen-bond donors (Lipinski definition) is 1. The lowest BCUT2D eigenvalue weighted by atomic mass is 9.89. The summed E-state index contributed by atoms with van der Waals surface area (Å²) in [6.07, 6.45) is 2.74. The molecule has 0 bridgehead atoms. The molecule has 0 saturated heterocycles. The number of phenolic OH excluding ortho intramolecular Hbond substituents is 1. The molecule has 0 aliphatic carbocycles. The average Bonchev–Trinajstić information content (AvgIpc) is 2.74. The van der Waals surface area contributed by atoms with E-state index in [4.69, 9.17) is 4.74 Å². The number of rotatable bonds is 8. The lowest BCUT2D eigenvalue weighted by molar-refractivity contribution is 0.254. The first kappa shape index (κ1) is 23.5. The molecule has 0 spiro atoms. The van der Waals surface area contributed by atoms with Crippen LogP contribution in [0.3, 0.4) is 0 Å². The normalized spacial score (nSPS) is 11.6. The predicted molar refractivity (Wildman–Crippen MR) is 126 cm³/mol. The molecule has 1 aromatic heterocycles. The molecule has 158 valence electrons. The minimum absolute atomic E-state index is 0. The van der Waals surface area contributed by atoms with Crippen LogP contribution in [0.15, 0.2) is 72.9 Å². The Bertz CT molecular complexity index is 937. The number of allylic oxidation sites excluding steroid dienone is 1. The van der Waals surface area contributed by atoms with Crippen molar-refractivity contribution in [3.63, 3.8) is 0 Å². The molecule has 0 saturated carbocycles. The third-order valence-corrected chi connectivity index (χ3v) is 4.75. The number of ether oxygens (including phenoxy) is 1. The third kappa shape index (κ3) is 6.09. The highest BCUT2D eigenvalue weighted by Crippen LogP contribution is 2.35. The third-order valence-electron chi connectivity index (χ3n) is 4.75. The standard InChI is InChI=1S/C25H28N2O2.ClH/c1-4-23(19-8-6-5-7-9-19)25(20-10-13-22(28)14-11-20)21-12-15-24(26-18-21)29-17-16-27(2)3;/h5-15,18,28H,4,16-17H2,1-3H3;1H/b25-23-;. The summed E-state index contributed by atoms with van der Waals surface area (Å²) in [7, 11) is 4.04. The van der Waals surface area contributed by atoms with Crippen LogP contribution in [0, 0.1) is 0 Å². The van der Waals surface area contributed by atoms with E-state index in [0.717, 1.165) is 29.7 Å². The van der Waals surface area contributed by atoms with E-state index in [9.17, 15) is 5.11 Å². The van der Waals surface area contributed by atoms with Crippen LogP contribution < -0.4 is 4.74 Å². The molecule has 0 aliphatic rings. The van der Waals surface area contributed by atoms with Gasteiger partial charge >= 0.3 is 0 Å². The minimum Gasteiger partial charge on any atom is -0.508 e. The number of pyridine rings is 1. The Labute approximate surface area is 185 Å². The van der Waals surface area contributed by atoms with E-state index < -0.39 is 0 Å². The number of nitrogens with zero attached hydrogens (tertiary/aromatic N) is 2. The van der Waals surface area contributed by atoms with Crippen molar-refractivity contribution in [3.05, 3.63) is 89.6 Å². The van der Waals surface area contributed by atoms with Crippen LogP contribution in [0.25, 0.3) is 11.1 Å². The summed E-state index contributed by atoms with van der Waals surface area (Å²) in [6, 6.07) is 21.7. The van der Waals surface area contributed by atoms with Crippen LogP contribution in [0.2, 0.25) is 0 Å². The zero-order valence-electron chi connectivity index (χ0n) is 17.7. The van der Waals surface area contributed by atoms with Gasteiger partial charge in [-0.15, -0.1) is 12.4 Å². The molecule has 2 aromatic carbocycles. The highest BCUT2D eigenvalue weighted by molar-refractivity contribution is 5.98. The van der Waals surface area contributed by atoms with Crippen molar-refractivity contribution in [3.8, 4) is 11.6 Å². The van der Waals surface area contributed by atoms with Crippen molar-refractivity contribution in [1.29, 1.82) is 0 Å². The van der Waals surface area contributed by atoms with E-state index in [1.807, 2.05) is 44.6 Å². The van der Waals surface area contributed by atoms with E-state index in [2.05, 4.69) is 47.1 Å². The summed E-state index contributed by atoms with van der Waals surface area (Å²) in [5.41, 5.74) is 5.61. The largest absolute Gasteiger partial charge is 0.508 e. The second kappa shape index (κ2) is 11.4. The monoisotopic (exact) mass is 424 g/mol. The number of hydrogen-bond acceptors (Lipinski definition) is 4. The quantitative estimate of drug-likeness (QED) is 0.483. The summed E-state index contributed by atoms with van der Waals surface area (Å²) in [4.78, 5) is 6.60. The van der Waals surface area contributed by atoms with Gasteiger partial charge in [-0.05, 0) is 61.0 Å². The Morgan fingerprint density at radius 2 is 1.57 bits per heavy atom. The first-order valence-electron chi connectivity index (χ1n) is 9.90. The zero-order valence-corrected chi connectivity index (χ0v) is 18.5. The molecule has 0 fully saturated rings. The van der Waals surface area contributed by atoms with Gasteiger partial charge < -0.3 is 14.7 Å². The second-order valence-electron chi connectivity index (χ2n) is 7.16. The van der Waals surface area contributed by atoms with Crippen molar-refractivity contribution in [1.82, 2.24) is 9.88 Å². The van der Waals surface area contributed by atoms with Crippen molar-refractivity contribution < 1.29 is 9.84 Å². The number of phenols is 1. The number of aromatic nitrogens is 1. The molecule has 0 atom stereocenters.